The van der Waals surface area contributed by atoms with Crippen LogP contribution >= 0.6 is 0 Å². The maximum atomic E-state index is 14.4. The van der Waals surface area contributed by atoms with Crippen molar-refractivity contribution in [3.8, 4) is 22.6 Å². The van der Waals surface area contributed by atoms with Gasteiger partial charge in [-0.3, -0.25) is 10.1 Å². The van der Waals surface area contributed by atoms with Crippen molar-refractivity contribution in [3.63, 3.8) is 0 Å². The van der Waals surface area contributed by atoms with Crippen molar-refractivity contribution in [2.45, 2.75) is 58.5 Å². The summed E-state index contributed by atoms with van der Waals surface area (Å²) >= 11 is 0. The van der Waals surface area contributed by atoms with Crippen LogP contribution in [0.4, 0.5) is 8.78 Å². The molecule has 2 N–H and O–H groups in total. The number of aliphatic hydroxyl groups is 1. The van der Waals surface area contributed by atoms with Crippen LogP contribution in [-0.4, -0.2) is 30.5 Å². The molecule has 0 atom stereocenters. The third kappa shape index (κ3) is 4.84. The van der Waals surface area contributed by atoms with Crippen LogP contribution in [0.1, 0.15) is 63.7 Å². The molecule has 0 fully saturated rings. The molecule has 3 aromatic heterocycles. The average Bonchev–Trinajstić information content (AvgIpc) is 3.31. The largest absolute Gasteiger partial charge is 0.384 e. The van der Waals surface area contributed by atoms with E-state index in [0.717, 1.165) is 17.7 Å². The molecular weight excluding hydrogens is 448 g/mol. The Labute approximate surface area is 203 Å². The molecule has 0 saturated carbocycles. The zero-order chi connectivity index (χ0) is 25.4. The number of halogens is 2. The van der Waals surface area contributed by atoms with Crippen molar-refractivity contribution in [2.75, 3.05) is 0 Å². The molecule has 0 aliphatic carbocycles. The van der Waals surface area contributed by atoms with Gasteiger partial charge in [0.2, 0.25) is 0 Å². The number of nitrogens with one attached hydrogen (secondary N) is 1. The summed E-state index contributed by atoms with van der Waals surface area (Å²) in [4.78, 5) is 4.86. The van der Waals surface area contributed by atoms with Gasteiger partial charge in [-0.25, -0.2) is 8.78 Å². The van der Waals surface area contributed by atoms with Crippen LogP contribution in [0.5, 0.6) is 0 Å². The molecule has 0 radical (unpaired) electrons. The van der Waals surface area contributed by atoms with Gasteiger partial charge in [0.15, 0.2) is 0 Å². The normalized spacial score (nSPS) is 12.2. The number of pyridine rings is 1. The van der Waals surface area contributed by atoms with Crippen molar-refractivity contribution < 1.29 is 13.9 Å². The summed E-state index contributed by atoms with van der Waals surface area (Å²) in [5.74, 6) is -1.35. The van der Waals surface area contributed by atoms with Gasteiger partial charge in [0, 0.05) is 0 Å². The molecule has 182 valence electrons. The molecule has 0 amide bonds. The summed E-state index contributed by atoms with van der Waals surface area (Å²) in [6.45, 7) is 9.38. The fourth-order valence-electron chi connectivity index (χ4n) is 4.10. The van der Waals surface area contributed by atoms with E-state index >= 15 is 0 Å². The van der Waals surface area contributed by atoms with Gasteiger partial charge in [-0.2, -0.15) is 10.2 Å². The van der Waals surface area contributed by atoms with E-state index in [0.29, 0.717) is 29.2 Å². The highest BCUT2D eigenvalue weighted by molar-refractivity contribution is 5.62. The average molecular weight is 478 g/mol. The minimum absolute atomic E-state index is 0.168. The van der Waals surface area contributed by atoms with E-state index < -0.39 is 22.7 Å². The molecule has 4 rings (SSSR count). The SMILES string of the molecule is CCCc1cc(-c2c(F)cccc2F)nnc1C(C)(C)c1cccc(-c2cc(C(C)(C)O)n[nH]2)n1. The first-order chi connectivity index (χ1) is 16.5. The topological polar surface area (TPSA) is 87.6 Å². The third-order valence-electron chi connectivity index (χ3n) is 6.07. The van der Waals surface area contributed by atoms with E-state index in [2.05, 4.69) is 20.4 Å². The van der Waals surface area contributed by atoms with Gasteiger partial charge in [0.25, 0.3) is 0 Å². The van der Waals surface area contributed by atoms with Gasteiger partial charge in [-0.05, 0) is 76.1 Å². The smallest absolute Gasteiger partial charge is 0.135 e. The Hall–Kier alpha value is -3.52. The van der Waals surface area contributed by atoms with Crippen molar-refractivity contribution >= 4 is 0 Å². The molecular formula is C27H29F2N5O. The molecule has 4 aromatic rings. The van der Waals surface area contributed by atoms with Crippen molar-refractivity contribution in [2.24, 2.45) is 0 Å². The first kappa shape index (κ1) is 24.6. The Bertz CT molecular complexity index is 1340. The Morgan fingerprint density at radius 2 is 1.57 bits per heavy atom. The number of rotatable bonds is 7. The number of aryl methyl sites for hydroxylation is 1. The van der Waals surface area contributed by atoms with Crippen LogP contribution in [0.25, 0.3) is 22.6 Å². The number of benzene rings is 1. The lowest BCUT2D eigenvalue weighted by Gasteiger charge is -2.26. The Kier molecular flexibility index (Phi) is 6.51. The van der Waals surface area contributed by atoms with E-state index in [1.54, 1.807) is 26.0 Å². The van der Waals surface area contributed by atoms with E-state index in [1.807, 2.05) is 39.0 Å². The summed E-state index contributed by atoms with van der Waals surface area (Å²) in [7, 11) is 0. The zero-order valence-corrected chi connectivity index (χ0v) is 20.5. The van der Waals surface area contributed by atoms with Gasteiger partial charge >= 0.3 is 0 Å². The third-order valence-corrected chi connectivity index (χ3v) is 6.07. The summed E-state index contributed by atoms with van der Waals surface area (Å²) in [6, 6.07) is 12.9. The lowest BCUT2D eigenvalue weighted by atomic mass is 9.81. The summed E-state index contributed by atoms with van der Waals surface area (Å²) in [5.41, 5.74) is 2.48. The van der Waals surface area contributed by atoms with Crippen LogP contribution in [0.3, 0.4) is 0 Å². The Morgan fingerprint density at radius 1 is 0.886 bits per heavy atom. The summed E-state index contributed by atoms with van der Waals surface area (Å²) in [5, 5.41) is 26.1. The fraction of sp³-hybridized carbons (Fsp3) is 0.333. The Morgan fingerprint density at radius 3 is 2.20 bits per heavy atom. The van der Waals surface area contributed by atoms with Gasteiger partial charge in [0.05, 0.1) is 45.1 Å². The molecule has 0 unspecified atom stereocenters. The number of aromatic amines is 1. The quantitative estimate of drug-likeness (QED) is 0.356. The number of nitrogens with zero attached hydrogens (tertiary/aromatic N) is 4. The number of hydrogen-bond acceptors (Lipinski definition) is 5. The molecule has 0 aliphatic heterocycles. The summed E-state index contributed by atoms with van der Waals surface area (Å²) < 4.78 is 28.8. The lowest BCUT2D eigenvalue weighted by molar-refractivity contribution is 0.0738. The zero-order valence-electron chi connectivity index (χ0n) is 20.5. The molecule has 35 heavy (non-hydrogen) atoms. The second-order valence-corrected chi connectivity index (χ2v) is 9.71. The number of hydrogen-bond donors (Lipinski definition) is 2. The predicted octanol–water partition coefficient (Wildman–Crippen LogP) is 5.71. The van der Waals surface area contributed by atoms with Crippen LogP contribution in [-0.2, 0) is 17.4 Å². The first-order valence-electron chi connectivity index (χ1n) is 11.6. The highest BCUT2D eigenvalue weighted by atomic mass is 19.1. The number of H-pyrrole nitrogens is 1. The summed E-state index contributed by atoms with van der Waals surface area (Å²) in [6.07, 6.45) is 1.50. The van der Waals surface area contributed by atoms with Gasteiger partial charge < -0.3 is 5.11 Å². The van der Waals surface area contributed by atoms with Crippen molar-refractivity contribution in [1.82, 2.24) is 25.4 Å². The van der Waals surface area contributed by atoms with Crippen LogP contribution in [0.2, 0.25) is 0 Å². The minimum Gasteiger partial charge on any atom is -0.384 e. The van der Waals surface area contributed by atoms with Crippen LogP contribution < -0.4 is 0 Å². The minimum atomic E-state index is -1.07. The highest BCUT2D eigenvalue weighted by Gasteiger charge is 2.31. The molecule has 3 heterocycles. The Balaban J connectivity index is 1.77. The first-order valence-corrected chi connectivity index (χ1v) is 11.6. The fourth-order valence-corrected chi connectivity index (χ4v) is 4.10. The molecule has 0 spiro atoms. The molecule has 6 nitrogen and oxygen atoms in total. The van der Waals surface area contributed by atoms with E-state index in [-0.39, 0.29) is 11.3 Å². The molecule has 0 saturated heterocycles. The van der Waals surface area contributed by atoms with Crippen LogP contribution in [0, 0.1) is 11.6 Å². The maximum Gasteiger partial charge on any atom is 0.135 e. The second-order valence-electron chi connectivity index (χ2n) is 9.71. The second kappa shape index (κ2) is 9.26. The maximum absolute atomic E-state index is 14.4. The van der Waals surface area contributed by atoms with Gasteiger partial charge in [-0.15, -0.1) is 5.10 Å². The van der Waals surface area contributed by atoms with Gasteiger partial charge in [-0.1, -0.05) is 25.5 Å². The highest BCUT2D eigenvalue weighted by Crippen LogP contribution is 2.35. The van der Waals surface area contributed by atoms with E-state index in [4.69, 9.17) is 4.98 Å². The molecule has 0 aliphatic rings. The van der Waals surface area contributed by atoms with Crippen LogP contribution in [0.15, 0.2) is 48.5 Å². The van der Waals surface area contributed by atoms with Crippen molar-refractivity contribution in [1.29, 1.82) is 0 Å². The monoisotopic (exact) mass is 477 g/mol. The van der Waals surface area contributed by atoms with Crippen molar-refractivity contribution in [3.05, 3.63) is 82.8 Å². The molecule has 0 bridgehead atoms. The lowest BCUT2D eigenvalue weighted by Crippen LogP contribution is -2.25. The predicted molar refractivity (Wildman–Crippen MR) is 131 cm³/mol. The molecule has 1 aromatic carbocycles. The van der Waals surface area contributed by atoms with E-state index in [9.17, 15) is 13.9 Å². The van der Waals surface area contributed by atoms with E-state index in [1.165, 1.54) is 18.2 Å². The van der Waals surface area contributed by atoms with Gasteiger partial charge in [0.1, 0.15) is 17.2 Å². The number of aromatic nitrogens is 5. The standard InChI is InChI=1S/C27H29F2N5O/c1-6-9-16-14-21(24-17(28)10-7-11-18(24)29)32-34-25(16)26(2,3)22-13-8-12-19(30-22)20-15-23(33-31-20)27(4,5)35/h7-8,10-15,35H,6,9H2,1-5H3,(H,31,33). The molecule has 8 heteroatoms.